The predicted octanol–water partition coefficient (Wildman–Crippen LogP) is 2.54. The lowest BCUT2D eigenvalue weighted by atomic mass is 10.1. The molecule has 0 spiro atoms. The van der Waals surface area contributed by atoms with E-state index in [4.69, 9.17) is 9.47 Å². The van der Waals surface area contributed by atoms with Crippen LogP contribution in [0.1, 0.15) is 32.4 Å². The highest BCUT2D eigenvalue weighted by molar-refractivity contribution is 5.78. The second kappa shape index (κ2) is 6.28. The normalized spacial score (nSPS) is 12.1. The summed E-state index contributed by atoms with van der Waals surface area (Å²) in [6.07, 6.45) is 0. The third-order valence-corrected chi connectivity index (χ3v) is 2.79. The topological polar surface area (TPSA) is 47.6 Å². The Morgan fingerprint density at radius 2 is 1.83 bits per heavy atom. The van der Waals surface area contributed by atoms with Crippen molar-refractivity contribution in [1.82, 2.24) is 5.32 Å². The van der Waals surface area contributed by atoms with Crippen molar-refractivity contribution in [2.75, 3.05) is 14.2 Å². The molecule has 4 heteroatoms. The number of carbonyl (C=O) groups excluding carboxylic acids is 1. The summed E-state index contributed by atoms with van der Waals surface area (Å²) in [7, 11) is 3.23. The molecule has 0 heterocycles. The van der Waals surface area contributed by atoms with Crippen LogP contribution in [-0.4, -0.2) is 20.1 Å². The summed E-state index contributed by atoms with van der Waals surface area (Å²) in [6, 6.07) is 5.43. The van der Waals surface area contributed by atoms with Crippen molar-refractivity contribution in [1.29, 1.82) is 0 Å². The van der Waals surface area contributed by atoms with E-state index in [0.717, 1.165) is 17.1 Å². The lowest BCUT2D eigenvalue weighted by Crippen LogP contribution is -2.30. The van der Waals surface area contributed by atoms with E-state index in [1.54, 1.807) is 14.2 Å². The molecule has 1 unspecified atom stereocenters. The third kappa shape index (κ3) is 3.39. The molecule has 1 amide bonds. The van der Waals surface area contributed by atoms with E-state index in [9.17, 15) is 4.79 Å². The van der Waals surface area contributed by atoms with Gasteiger partial charge in [0.25, 0.3) is 0 Å². The highest BCUT2D eigenvalue weighted by Crippen LogP contribution is 2.29. The molecule has 4 nitrogen and oxygen atoms in total. The van der Waals surface area contributed by atoms with Gasteiger partial charge in [-0.15, -0.1) is 0 Å². The number of rotatable bonds is 5. The Morgan fingerprint density at radius 1 is 1.17 bits per heavy atom. The Kier molecular flexibility index (Phi) is 5.01. The summed E-state index contributed by atoms with van der Waals surface area (Å²) >= 11 is 0. The van der Waals surface area contributed by atoms with Crippen LogP contribution in [0.4, 0.5) is 0 Å². The molecule has 1 aromatic rings. The van der Waals surface area contributed by atoms with Gasteiger partial charge in [-0.3, -0.25) is 4.79 Å². The van der Waals surface area contributed by atoms with E-state index in [1.807, 2.05) is 39.0 Å². The van der Waals surface area contributed by atoms with Crippen molar-refractivity contribution in [2.45, 2.75) is 26.8 Å². The minimum atomic E-state index is -0.120. The second-order valence-corrected chi connectivity index (χ2v) is 4.49. The van der Waals surface area contributed by atoms with Gasteiger partial charge in [0, 0.05) is 11.5 Å². The van der Waals surface area contributed by atoms with Crippen molar-refractivity contribution < 1.29 is 14.3 Å². The van der Waals surface area contributed by atoms with Gasteiger partial charge in [0.15, 0.2) is 0 Å². The van der Waals surface area contributed by atoms with Crippen molar-refractivity contribution in [3.63, 3.8) is 0 Å². The molecule has 1 N–H and O–H groups in total. The number of nitrogens with one attached hydrogen (secondary N) is 1. The Bertz CT molecular complexity index is 416. The monoisotopic (exact) mass is 251 g/mol. The molecular weight excluding hydrogens is 230 g/mol. The van der Waals surface area contributed by atoms with Crippen LogP contribution in [0.25, 0.3) is 0 Å². The van der Waals surface area contributed by atoms with Gasteiger partial charge < -0.3 is 14.8 Å². The molecule has 0 fully saturated rings. The fraction of sp³-hybridized carbons (Fsp3) is 0.500. The zero-order chi connectivity index (χ0) is 13.7. The largest absolute Gasteiger partial charge is 0.497 e. The van der Waals surface area contributed by atoms with E-state index in [0.29, 0.717) is 0 Å². The predicted molar refractivity (Wildman–Crippen MR) is 70.9 cm³/mol. The van der Waals surface area contributed by atoms with Crippen molar-refractivity contribution in [3.8, 4) is 11.5 Å². The Labute approximate surface area is 108 Å². The fourth-order valence-electron chi connectivity index (χ4n) is 1.64. The minimum absolute atomic E-state index is 0.0207. The molecule has 18 heavy (non-hydrogen) atoms. The summed E-state index contributed by atoms with van der Waals surface area (Å²) in [4.78, 5) is 11.7. The number of carbonyl (C=O) groups is 1. The fourth-order valence-corrected chi connectivity index (χ4v) is 1.64. The van der Waals surface area contributed by atoms with Crippen molar-refractivity contribution in [2.24, 2.45) is 5.92 Å². The Morgan fingerprint density at radius 3 is 2.33 bits per heavy atom. The van der Waals surface area contributed by atoms with Gasteiger partial charge in [0.1, 0.15) is 11.5 Å². The molecule has 0 aliphatic rings. The van der Waals surface area contributed by atoms with E-state index < -0.39 is 0 Å². The summed E-state index contributed by atoms with van der Waals surface area (Å²) in [6.45, 7) is 5.66. The lowest BCUT2D eigenvalue weighted by molar-refractivity contribution is -0.124. The number of methoxy groups -OCH3 is 2. The number of benzene rings is 1. The number of hydrogen-bond acceptors (Lipinski definition) is 3. The molecule has 100 valence electrons. The number of amides is 1. The first kappa shape index (κ1) is 14.4. The maximum absolute atomic E-state index is 11.7. The Hall–Kier alpha value is -1.71. The first-order valence-corrected chi connectivity index (χ1v) is 6.01. The second-order valence-electron chi connectivity index (χ2n) is 4.49. The SMILES string of the molecule is COc1ccc(OC)c(C(C)NC(=O)C(C)C)c1. The van der Waals surface area contributed by atoms with Crippen molar-refractivity contribution in [3.05, 3.63) is 23.8 Å². The van der Waals surface area contributed by atoms with Crippen LogP contribution in [0.3, 0.4) is 0 Å². The lowest BCUT2D eigenvalue weighted by Gasteiger charge is -2.19. The molecule has 1 rings (SSSR count). The molecular formula is C14H21NO3. The molecule has 1 atom stereocenters. The van der Waals surface area contributed by atoms with Crippen molar-refractivity contribution >= 4 is 5.91 Å². The van der Waals surface area contributed by atoms with Crippen LogP contribution in [-0.2, 0) is 4.79 Å². The van der Waals surface area contributed by atoms with E-state index >= 15 is 0 Å². The van der Waals surface area contributed by atoms with Gasteiger partial charge in [-0.25, -0.2) is 0 Å². The summed E-state index contributed by atoms with van der Waals surface area (Å²) in [5, 5.41) is 2.95. The van der Waals surface area contributed by atoms with Crippen LogP contribution in [0.15, 0.2) is 18.2 Å². The van der Waals surface area contributed by atoms with E-state index in [2.05, 4.69) is 5.32 Å². The van der Waals surface area contributed by atoms with Crippen LogP contribution in [0.5, 0.6) is 11.5 Å². The minimum Gasteiger partial charge on any atom is -0.497 e. The third-order valence-electron chi connectivity index (χ3n) is 2.79. The van der Waals surface area contributed by atoms with Gasteiger partial charge in [-0.1, -0.05) is 13.8 Å². The average Bonchev–Trinajstić information content (AvgIpc) is 2.37. The molecule has 0 aliphatic heterocycles. The Balaban J connectivity index is 2.95. The zero-order valence-electron chi connectivity index (χ0n) is 11.6. The molecule has 0 bridgehead atoms. The molecule has 0 aliphatic carbocycles. The molecule has 0 saturated heterocycles. The molecule has 0 saturated carbocycles. The van der Waals surface area contributed by atoms with Crippen LogP contribution in [0, 0.1) is 5.92 Å². The van der Waals surface area contributed by atoms with Gasteiger partial charge in [0.05, 0.1) is 20.3 Å². The maximum Gasteiger partial charge on any atom is 0.223 e. The number of ether oxygens (including phenoxy) is 2. The van der Waals surface area contributed by atoms with Crippen LogP contribution >= 0.6 is 0 Å². The van der Waals surface area contributed by atoms with Gasteiger partial charge >= 0.3 is 0 Å². The smallest absolute Gasteiger partial charge is 0.223 e. The van der Waals surface area contributed by atoms with Crippen LogP contribution < -0.4 is 14.8 Å². The molecule has 0 aromatic heterocycles. The quantitative estimate of drug-likeness (QED) is 0.874. The van der Waals surface area contributed by atoms with Gasteiger partial charge in [-0.2, -0.15) is 0 Å². The number of hydrogen-bond donors (Lipinski definition) is 1. The standard InChI is InChI=1S/C14H21NO3/c1-9(2)14(16)15-10(3)12-8-11(17-4)6-7-13(12)18-5/h6-10H,1-5H3,(H,15,16). The molecule has 0 radical (unpaired) electrons. The highest BCUT2D eigenvalue weighted by Gasteiger charge is 2.16. The maximum atomic E-state index is 11.7. The van der Waals surface area contributed by atoms with Gasteiger partial charge in [-0.05, 0) is 25.1 Å². The zero-order valence-corrected chi connectivity index (χ0v) is 11.6. The van der Waals surface area contributed by atoms with E-state index in [-0.39, 0.29) is 17.9 Å². The van der Waals surface area contributed by atoms with Gasteiger partial charge in [0.2, 0.25) is 5.91 Å². The summed E-state index contributed by atoms with van der Waals surface area (Å²) < 4.78 is 10.5. The van der Waals surface area contributed by atoms with Crippen LogP contribution in [0.2, 0.25) is 0 Å². The highest BCUT2D eigenvalue weighted by atomic mass is 16.5. The first-order valence-electron chi connectivity index (χ1n) is 6.01. The summed E-state index contributed by atoms with van der Waals surface area (Å²) in [5.74, 6) is 1.47. The average molecular weight is 251 g/mol. The summed E-state index contributed by atoms with van der Waals surface area (Å²) in [5.41, 5.74) is 0.908. The first-order chi connectivity index (χ1) is 8.49. The molecule has 1 aromatic carbocycles. The van der Waals surface area contributed by atoms with E-state index in [1.165, 1.54) is 0 Å².